The van der Waals surface area contributed by atoms with Gasteiger partial charge in [-0.15, -0.1) is 0 Å². The summed E-state index contributed by atoms with van der Waals surface area (Å²) in [6, 6.07) is 3.06. The van der Waals surface area contributed by atoms with Crippen LogP contribution in [-0.4, -0.2) is 43.3 Å². The van der Waals surface area contributed by atoms with E-state index in [4.69, 9.17) is 14.2 Å². The molecule has 1 heterocycles. The molecule has 6 heteroatoms. The molecule has 0 amide bonds. The van der Waals surface area contributed by atoms with Gasteiger partial charge in [-0.3, -0.25) is 9.59 Å². The van der Waals surface area contributed by atoms with E-state index in [-0.39, 0.29) is 40.8 Å². The molecular weight excluding hydrogens is 288 g/mol. The molecule has 0 spiro atoms. The van der Waals surface area contributed by atoms with Crippen molar-refractivity contribution in [2.75, 3.05) is 14.2 Å². The molecule has 6 nitrogen and oxygen atoms in total. The SMILES string of the molecule is COc1cc(OC)c2c(c1)C(=O)C1=C(C2=O)C(O)OC(C)C1. The number of fused-ring (bicyclic) bond motifs is 1. The Morgan fingerprint density at radius 3 is 2.55 bits per heavy atom. The molecular formula is C16H16O6. The topological polar surface area (TPSA) is 82.1 Å². The summed E-state index contributed by atoms with van der Waals surface area (Å²) >= 11 is 0. The van der Waals surface area contributed by atoms with Gasteiger partial charge in [-0.2, -0.15) is 0 Å². The van der Waals surface area contributed by atoms with Gasteiger partial charge in [0.2, 0.25) is 0 Å². The van der Waals surface area contributed by atoms with Gasteiger partial charge in [0.1, 0.15) is 11.5 Å². The van der Waals surface area contributed by atoms with Crippen LogP contribution >= 0.6 is 0 Å². The van der Waals surface area contributed by atoms with Crippen molar-refractivity contribution in [3.8, 4) is 11.5 Å². The summed E-state index contributed by atoms with van der Waals surface area (Å²) in [4.78, 5) is 25.5. The molecule has 2 unspecified atom stereocenters. The highest BCUT2D eigenvalue weighted by molar-refractivity contribution is 6.28. The van der Waals surface area contributed by atoms with E-state index in [1.165, 1.54) is 26.4 Å². The Morgan fingerprint density at radius 2 is 1.91 bits per heavy atom. The Bertz CT molecular complexity index is 703. The van der Waals surface area contributed by atoms with Crippen molar-refractivity contribution in [2.45, 2.75) is 25.7 Å². The molecule has 0 aromatic heterocycles. The molecule has 2 atom stereocenters. The summed E-state index contributed by atoms with van der Waals surface area (Å²) < 4.78 is 15.6. The van der Waals surface area contributed by atoms with Crippen molar-refractivity contribution in [2.24, 2.45) is 0 Å². The first-order valence-electron chi connectivity index (χ1n) is 6.90. The van der Waals surface area contributed by atoms with E-state index in [0.29, 0.717) is 11.3 Å². The molecule has 3 rings (SSSR count). The van der Waals surface area contributed by atoms with Gasteiger partial charge in [-0.1, -0.05) is 0 Å². The Labute approximate surface area is 127 Å². The van der Waals surface area contributed by atoms with Gasteiger partial charge in [0, 0.05) is 23.6 Å². The van der Waals surface area contributed by atoms with E-state index < -0.39 is 12.1 Å². The molecule has 1 aliphatic carbocycles. The zero-order valence-corrected chi connectivity index (χ0v) is 12.5. The van der Waals surface area contributed by atoms with Crippen molar-refractivity contribution < 1.29 is 28.9 Å². The summed E-state index contributed by atoms with van der Waals surface area (Å²) in [5.74, 6) is -0.0639. The number of ketones is 2. The molecule has 1 aromatic rings. The number of aliphatic hydroxyl groups is 1. The standard InChI is InChI=1S/C16H16O6/c1-7-4-9-13(16(19)22-7)15(18)12-10(14(9)17)5-8(20-2)6-11(12)21-3/h5-7,16,19H,4H2,1-3H3. The Hall–Kier alpha value is -2.18. The van der Waals surface area contributed by atoms with E-state index in [2.05, 4.69) is 0 Å². The number of carbonyl (C=O) groups excluding carboxylic acids is 2. The summed E-state index contributed by atoms with van der Waals surface area (Å²) in [6.07, 6.45) is -1.44. The lowest BCUT2D eigenvalue weighted by atomic mass is 9.80. The Morgan fingerprint density at radius 1 is 1.18 bits per heavy atom. The number of methoxy groups -OCH3 is 2. The summed E-state index contributed by atoms with van der Waals surface area (Å²) in [5, 5.41) is 10.0. The van der Waals surface area contributed by atoms with Gasteiger partial charge in [0.05, 0.1) is 31.5 Å². The summed E-state index contributed by atoms with van der Waals surface area (Å²) in [7, 11) is 2.88. The van der Waals surface area contributed by atoms with Crippen molar-refractivity contribution in [1.29, 1.82) is 0 Å². The van der Waals surface area contributed by atoms with Crippen LogP contribution in [0.5, 0.6) is 11.5 Å². The van der Waals surface area contributed by atoms with E-state index >= 15 is 0 Å². The lowest BCUT2D eigenvalue weighted by Gasteiger charge is -2.32. The van der Waals surface area contributed by atoms with Crippen LogP contribution in [0.1, 0.15) is 34.1 Å². The molecule has 1 aromatic carbocycles. The van der Waals surface area contributed by atoms with E-state index in [0.717, 1.165) is 0 Å². The number of aliphatic hydroxyl groups excluding tert-OH is 1. The van der Waals surface area contributed by atoms with E-state index in [1.807, 2.05) is 0 Å². The average molecular weight is 304 g/mol. The van der Waals surface area contributed by atoms with Gasteiger partial charge in [-0.05, 0) is 13.0 Å². The lowest BCUT2D eigenvalue weighted by molar-refractivity contribution is -0.112. The Balaban J connectivity index is 2.24. The number of hydrogen-bond acceptors (Lipinski definition) is 6. The van der Waals surface area contributed by atoms with Gasteiger partial charge >= 0.3 is 0 Å². The minimum absolute atomic E-state index is 0.0130. The van der Waals surface area contributed by atoms with E-state index in [9.17, 15) is 14.7 Å². The molecule has 0 saturated carbocycles. The maximum Gasteiger partial charge on any atom is 0.198 e. The average Bonchev–Trinajstić information content (AvgIpc) is 2.50. The van der Waals surface area contributed by atoms with Crippen molar-refractivity contribution in [1.82, 2.24) is 0 Å². The van der Waals surface area contributed by atoms with Crippen LogP contribution in [0, 0.1) is 0 Å². The number of hydrogen-bond donors (Lipinski definition) is 1. The number of ether oxygens (including phenoxy) is 3. The highest BCUT2D eigenvalue weighted by atomic mass is 16.6. The van der Waals surface area contributed by atoms with Crippen LogP contribution in [0.4, 0.5) is 0 Å². The zero-order chi connectivity index (χ0) is 16.0. The van der Waals surface area contributed by atoms with Crippen LogP contribution in [-0.2, 0) is 4.74 Å². The van der Waals surface area contributed by atoms with Crippen molar-refractivity contribution in [3.05, 3.63) is 34.4 Å². The molecule has 2 aliphatic rings. The first-order chi connectivity index (χ1) is 10.5. The third kappa shape index (κ3) is 2.03. The quantitative estimate of drug-likeness (QED) is 0.892. The van der Waals surface area contributed by atoms with Crippen LogP contribution in [0.15, 0.2) is 23.3 Å². The van der Waals surface area contributed by atoms with Crippen LogP contribution in [0.2, 0.25) is 0 Å². The number of Topliss-reactive ketones (excluding diaryl/α,β-unsaturated/α-hetero) is 2. The predicted octanol–water partition coefficient (Wildman–Crippen LogP) is 1.51. The maximum absolute atomic E-state index is 12.7. The summed E-state index contributed by atoms with van der Waals surface area (Å²) in [6.45, 7) is 1.74. The fourth-order valence-corrected chi connectivity index (χ4v) is 2.93. The molecule has 0 saturated heterocycles. The fourth-order valence-electron chi connectivity index (χ4n) is 2.93. The van der Waals surface area contributed by atoms with Gasteiger partial charge in [0.15, 0.2) is 17.9 Å². The fraction of sp³-hybridized carbons (Fsp3) is 0.375. The smallest absolute Gasteiger partial charge is 0.198 e. The monoisotopic (exact) mass is 304 g/mol. The number of rotatable bonds is 2. The second-order valence-electron chi connectivity index (χ2n) is 5.31. The molecule has 116 valence electrons. The molecule has 0 radical (unpaired) electrons. The minimum atomic E-state index is -1.39. The third-order valence-corrected chi connectivity index (χ3v) is 3.95. The van der Waals surface area contributed by atoms with Crippen molar-refractivity contribution >= 4 is 11.6 Å². The third-order valence-electron chi connectivity index (χ3n) is 3.95. The molecule has 1 aliphatic heterocycles. The maximum atomic E-state index is 12.7. The number of benzene rings is 1. The molecule has 0 fully saturated rings. The largest absolute Gasteiger partial charge is 0.497 e. The molecule has 22 heavy (non-hydrogen) atoms. The predicted molar refractivity (Wildman–Crippen MR) is 76.4 cm³/mol. The minimum Gasteiger partial charge on any atom is -0.497 e. The van der Waals surface area contributed by atoms with Crippen LogP contribution < -0.4 is 9.47 Å². The van der Waals surface area contributed by atoms with Crippen LogP contribution in [0.25, 0.3) is 0 Å². The first-order valence-corrected chi connectivity index (χ1v) is 6.90. The van der Waals surface area contributed by atoms with Gasteiger partial charge in [-0.25, -0.2) is 0 Å². The Kier molecular flexibility index (Phi) is 3.50. The normalized spacial score (nSPS) is 24.0. The molecule has 1 N–H and O–H groups in total. The van der Waals surface area contributed by atoms with E-state index in [1.54, 1.807) is 6.92 Å². The van der Waals surface area contributed by atoms with Crippen LogP contribution in [0.3, 0.4) is 0 Å². The highest BCUT2D eigenvalue weighted by Crippen LogP contribution is 2.40. The van der Waals surface area contributed by atoms with Gasteiger partial charge in [0.25, 0.3) is 0 Å². The first kappa shape index (κ1) is 14.7. The van der Waals surface area contributed by atoms with Crippen molar-refractivity contribution in [3.63, 3.8) is 0 Å². The molecule has 0 bridgehead atoms. The second kappa shape index (κ2) is 5.23. The lowest BCUT2D eigenvalue weighted by Crippen LogP contribution is -2.37. The highest BCUT2D eigenvalue weighted by Gasteiger charge is 2.41. The second-order valence-corrected chi connectivity index (χ2v) is 5.31. The summed E-state index contributed by atoms with van der Waals surface area (Å²) in [5.41, 5.74) is 0.698. The van der Waals surface area contributed by atoms with Gasteiger partial charge < -0.3 is 19.3 Å². The zero-order valence-electron chi connectivity index (χ0n) is 12.5. The number of carbonyl (C=O) groups is 2.